The Hall–Kier alpha value is 0.814. The Morgan fingerprint density at radius 1 is 1.27 bits per heavy atom. The second kappa shape index (κ2) is 7.20. The molecule has 0 atom stereocenters. The molecule has 0 aromatic heterocycles. The van der Waals surface area contributed by atoms with Gasteiger partial charge in [-0.2, -0.15) is 7.05 Å². The smallest absolute Gasteiger partial charge is 0.102 e. The molecule has 0 saturated heterocycles. The second-order valence-corrected chi connectivity index (χ2v) is 4.75. The van der Waals surface area contributed by atoms with Gasteiger partial charge in [0.15, 0.2) is 0 Å². The average Bonchev–Trinajstić information content (AvgIpc) is 2.09. The van der Waals surface area contributed by atoms with Crippen LogP contribution in [0.2, 0.25) is 10.0 Å². The molecule has 7 heteroatoms. The minimum absolute atomic E-state index is 0. The number of halogens is 2. The molecular weight excluding hydrogens is 334 g/mol. The van der Waals surface area contributed by atoms with Gasteiger partial charge in [0.2, 0.25) is 0 Å². The monoisotopic (exact) mass is 342 g/mol. The zero-order chi connectivity index (χ0) is 10.1. The maximum Gasteiger partial charge on any atom is 0.102 e. The van der Waals surface area contributed by atoms with Crippen molar-refractivity contribution >= 4 is 33.2 Å². The number of rotatable bonds is 2. The Bertz CT molecular complexity index is 423. The van der Waals surface area contributed by atoms with Gasteiger partial charge >= 0.3 is 0 Å². The molecule has 0 amide bonds. The van der Waals surface area contributed by atoms with Crippen molar-refractivity contribution in [2.45, 2.75) is 4.90 Å². The molecule has 1 rings (SSSR count). The molecule has 0 unspecified atom stereocenters. The summed E-state index contributed by atoms with van der Waals surface area (Å²) in [5.41, 5.74) is 0. The van der Waals surface area contributed by atoms with Gasteiger partial charge in [0.25, 0.3) is 0 Å². The molecule has 0 aliphatic heterocycles. The Balaban J connectivity index is 0. The van der Waals surface area contributed by atoms with Gasteiger partial charge in [-0.3, -0.25) is 0 Å². The van der Waals surface area contributed by atoms with E-state index in [0.29, 0.717) is 0 Å². The number of hydrogen-bond acceptors (Lipinski definition) is 2. The summed E-state index contributed by atoms with van der Waals surface area (Å²) >= 11 is 11.3. The average molecular weight is 343 g/mol. The van der Waals surface area contributed by atoms with E-state index in [1.165, 1.54) is 25.2 Å². The van der Waals surface area contributed by atoms with Crippen LogP contribution in [0.15, 0.2) is 23.1 Å². The van der Waals surface area contributed by atoms with Crippen LogP contribution in [0.5, 0.6) is 0 Å². The van der Waals surface area contributed by atoms with E-state index in [-0.39, 0.29) is 55.1 Å². The molecule has 3 nitrogen and oxygen atoms in total. The molecule has 0 saturated carbocycles. The van der Waals surface area contributed by atoms with Gasteiger partial charge in [0.1, 0.15) is 10.0 Å². The van der Waals surface area contributed by atoms with Crippen molar-refractivity contribution in [1.29, 1.82) is 0 Å². The second-order valence-electron chi connectivity index (χ2n) is 2.21. The van der Waals surface area contributed by atoms with Gasteiger partial charge in [-0.25, -0.2) is 8.42 Å². The van der Waals surface area contributed by atoms with Crippen molar-refractivity contribution in [3.63, 3.8) is 0 Å². The third-order valence-corrected chi connectivity index (χ3v) is 3.74. The van der Waals surface area contributed by atoms with Crippen molar-refractivity contribution in [2.24, 2.45) is 0 Å². The van der Waals surface area contributed by atoms with Gasteiger partial charge in [0, 0.05) is 32.7 Å². The molecule has 0 heterocycles. The van der Waals surface area contributed by atoms with E-state index in [0.717, 1.165) is 0 Å². The fourth-order valence-electron chi connectivity index (χ4n) is 0.782. The molecule has 15 heavy (non-hydrogen) atoms. The maximum absolute atomic E-state index is 11.3. The van der Waals surface area contributed by atoms with Crippen LogP contribution in [0.3, 0.4) is 0 Å². The molecule has 0 N–H and O–H groups in total. The van der Waals surface area contributed by atoms with Crippen molar-refractivity contribution in [2.75, 3.05) is 7.05 Å². The number of hydrogen-bond donors (Lipinski definition) is 0. The van der Waals surface area contributed by atoms with Gasteiger partial charge in [-0.05, 0) is 12.1 Å². The van der Waals surface area contributed by atoms with Crippen LogP contribution in [0, 0.1) is 7.43 Å². The fraction of sp³-hybridized carbons (Fsp3) is 0.125. The van der Waals surface area contributed by atoms with Crippen LogP contribution in [0.25, 0.3) is 4.72 Å². The van der Waals surface area contributed by atoms with Crippen molar-refractivity contribution in [1.82, 2.24) is 0 Å². The van der Waals surface area contributed by atoms with Crippen LogP contribution >= 0.6 is 23.2 Å². The third-order valence-electron chi connectivity index (χ3n) is 1.43. The molecule has 0 aliphatic rings. The summed E-state index contributed by atoms with van der Waals surface area (Å²) in [7, 11) is -2.46. The summed E-state index contributed by atoms with van der Waals surface area (Å²) in [4.78, 5) is -0.0656. The summed E-state index contributed by atoms with van der Waals surface area (Å²) in [5.74, 6) is 0. The predicted octanol–water partition coefficient (Wildman–Crippen LogP) is 3.13. The van der Waals surface area contributed by atoms with Crippen LogP contribution in [0.1, 0.15) is 0 Å². The predicted molar refractivity (Wildman–Crippen MR) is 59.3 cm³/mol. The van der Waals surface area contributed by atoms with E-state index in [4.69, 9.17) is 23.2 Å². The Kier molecular flexibility index (Phi) is 8.73. The zero-order valence-corrected chi connectivity index (χ0v) is 13.4. The van der Waals surface area contributed by atoms with E-state index in [9.17, 15) is 8.42 Å². The van der Waals surface area contributed by atoms with Crippen LogP contribution in [-0.2, 0) is 42.7 Å². The Morgan fingerprint density at radius 2 is 1.80 bits per heavy atom. The maximum atomic E-state index is 11.3. The van der Waals surface area contributed by atoms with Gasteiger partial charge < -0.3 is 12.1 Å². The topological polar surface area (TPSA) is 48.2 Å². The Morgan fingerprint density at radius 3 is 2.27 bits per heavy atom. The molecule has 0 bridgehead atoms. The number of benzene rings is 1. The first-order chi connectivity index (χ1) is 5.99. The minimum atomic E-state index is -3.64. The first-order valence-corrected chi connectivity index (χ1v) is 5.49. The van der Waals surface area contributed by atoms with Crippen molar-refractivity contribution in [3.8, 4) is 0 Å². The minimum Gasteiger partial charge on any atom is -0.547 e. The molecule has 0 spiro atoms. The standard InChI is InChI=1S/C7H6Cl2NO2S.CH3.Y/c1-10-13(11,12)6-4-2-3-5(8)7(6)9;;/h2-4H,1H3;1H3;/q2*-1;. The molecule has 0 fully saturated rings. The van der Waals surface area contributed by atoms with E-state index in [1.54, 1.807) is 0 Å². The molecule has 0 aliphatic carbocycles. The largest absolute Gasteiger partial charge is 0.547 e. The van der Waals surface area contributed by atoms with Crippen molar-refractivity contribution in [3.05, 3.63) is 40.4 Å². The molecule has 1 aromatic rings. The van der Waals surface area contributed by atoms with Gasteiger partial charge in [0.05, 0.1) is 14.9 Å². The third kappa shape index (κ3) is 4.29. The summed E-state index contributed by atoms with van der Waals surface area (Å²) in [6.45, 7) is 0. The SMILES string of the molecule is C[N-]S(=O)(=O)c1cccc(Cl)c1Cl.[CH3-].[Y]. The van der Waals surface area contributed by atoms with E-state index < -0.39 is 10.0 Å². The van der Waals surface area contributed by atoms with Crippen LogP contribution in [0.4, 0.5) is 0 Å². The summed E-state index contributed by atoms with van der Waals surface area (Å²) < 4.78 is 25.8. The summed E-state index contributed by atoms with van der Waals surface area (Å²) in [6, 6.07) is 4.38. The quantitative estimate of drug-likeness (QED) is 0.775. The fourth-order valence-corrected chi connectivity index (χ4v) is 2.21. The van der Waals surface area contributed by atoms with E-state index in [2.05, 4.69) is 4.72 Å². The van der Waals surface area contributed by atoms with Crippen LogP contribution in [-0.4, -0.2) is 15.5 Å². The summed E-state index contributed by atoms with van der Waals surface area (Å²) in [5, 5.41) is 0.209. The normalized spacial score (nSPS) is 10.1. The molecular formula is C8H9Cl2NO2SY-2. The van der Waals surface area contributed by atoms with Gasteiger partial charge in [-0.15, -0.1) is 0 Å². The van der Waals surface area contributed by atoms with E-state index in [1.807, 2.05) is 0 Å². The van der Waals surface area contributed by atoms with Crippen LogP contribution < -0.4 is 0 Å². The van der Waals surface area contributed by atoms with E-state index >= 15 is 0 Å². The van der Waals surface area contributed by atoms with Crippen molar-refractivity contribution < 1.29 is 41.1 Å². The first kappa shape index (κ1) is 18.2. The first-order valence-electron chi connectivity index (χ1n) is 3.29. The van der Waals surface area contributed by atoms with Gasteiger partial charge in [-0.1, -0.05) is 29.3 Å². The molecule has 1 radical (unpaired) electrons. The Labute approximate surface area is 125 Å². The number of sulfonamides is 1. The summed E-state index contributed by atoms with van der Waals surface area (Å²) in [6.07, 6.45) is 0. The molecule has 83 valence electrons. The zero-order valence-electron chi connectivity index (χ0n) is 8.24. The number of nitrogens with zero attached hydrogens (tertiary/aromatic N) is 1. The molecule has 1 aromatic carbocycles.